The molecule has 5 rings (SSSR count). The lowest BCUT2D eigenvalue weighted by atomic mass is 10.1. The molecule has 0 fully saturated rings. The molecule has 4 aromatic rings. The molecule has 0 unspecified atom stereocenters. The van der Waals surface area contributed by atoms with Crippen molar-refractivity contribution in [3.05, 3.63) is 80.6 Å². The van der Waals surface area contributed by atoms with Gasteiger partial charge in [-0.25, -0.2) is 14.6 Å². The lowest BCUT2D eigenvalue weighted by Gasteiger charge is -2.15. The Morgan fingerprint density at radius 2 is 1.60 bits per heavy atom. The van der Waals surface area contributed by atoms with Crippen LogP contribution < -0.4 is 4.90 Å². The van der Waals surface area contributed by atoms with Crippen LogP contribution in [0.3, 0.4) is 0 Å². The minimum absolute atomic E-state index is 0.204. The van der Waals surface area contributed by atoms with E-state index in [1.165, 1.54) is 12.3 Å². The van der Waals surface area contributed by atoms with E-state index in [4.69, 9.17) is 34.8 Å². The Balaban J connectivity index is 1.71. The summed E-state index contributed by atoms with van der Waals surface area (Å²) in [7, 11) is 0. The summed E-state index contributed by atoms with van der Waals surface area (Å²) < 4.78 is 1.62. The highest BCUT2D eigenvalue weighted by molar-refractivity contribution is 6.42. The van der Waals surface area contributed by atoms with Crippen molar-refractivity contribution in [1.82, 2.24) is 14.8 Å². The smallest absolute Gasteiger partial charge is 0.267 e. The molecule has 0 saturated carbocycles. The van der Waals surface area contributed by atoms with Crippen LogP contribution >= 0.6 is 34.8 Å². The highest BCUT2D eigenvalue weighted by atomic mass is 35.5. The zero-order valence-corrected chi connectivity index (χ0v) is 17.6. The third-order valence-electron chi connectivity index (χ3n) is 4.94. The SMILES string of the molecule is Cc1nn(-c2ccc(Cl)cc2)c2ncc3c(c12)C(=O)N(c1ccc(Cl)cc1Cl)C3=O. The van der Waals surface area contributed by atoms with Crippen molar-refractivity contribution in [2.75, 3.05) is 4.90 Å². The largest absolute Gasteiger partial charge is 0.268 e. The number of anilines is 1. The number of hydrogen-bond donors (Lipinski definition) is 0. The molecule has 1 aliphatic rings. The molecule has 0 N–H and O–H groups in total. The Hall–Kier alpha value is -2.93. The zero-order chi connectivity index (χ0) is 21.2. The fourth-order valence-corrected chi connectivity index (χ4v) is 4.22. The first kappa shape index (κ1) is 19.1. The molecule has 1 aliphatic heterocycles. The molecule has 0 aliphatic carbocycles. The van der Waals surface area contributed by atoms with Gasteiger partial charge in [0.25, 0.3) is 11.8 Å². The van der Waals surface area contributed by atoms with E-state index in [1.54, 1.807) is 48.0 Å². The molecular formula is C21H11Cl3N4O2. The van der Waals surface area contributed by atoms with Gasteiger partial charge >= 0.3 is 0 Å². The predicted octanol–water partition coefficient (Wildman–Crippen LogP) is 5.49. The van der Waals surface area contributed by atoms with Crippen LogP contribution in [-0.4, -0.2) is 26.6 Å². The number of rotatable bonds is 2. The monoisotopic (exact) mass is 456 g/mol. The zero-order valence-electron chi connectivity index (χ0n) is 15.4. The van der Waals surface area contributed by atoms with Crippen molar-refractivity contribution >= 4 is 63.3 Å². The van der Waals surface area contributed by atoms with Gasteiger partial charge in [0.05, 0.1) is 38.6 Å². The molecule has 0 spiro atoms. The summed E-state index contributed by atoms with van der Waals surface area (Å²) in [4.78, 5) is 31.9. The molecule has 2 aromatic heterocycles. The third-order valence-corrected chi connectivity index (χ3v) is 5.73. The Kier molecular flexibility index (Phi) is 4.32. The molecule has 0 saturated heterocycles. The molecule has 148 valence electrons. The summed E-state index contributed by atoms with van der Waals surface area (Å²) >= 11 is 18.2. The number of halogens is 3. The average Bonchev–Trinajstić information content (AvgIpc) is 3.18. The van der Waals surface area contributed by atoms with Gasteiger partial charge in [-0.2, -0.15) is 5.10 Å². The molecule has 6 nitrogen and oxygen atoms in total. The van der Waals surface area contributed by atoms with E-state index in [-0.39, 0.29) is 21.8 Å². The molecule has 0 radical (unpaired) electrons. The number of amides is 2. The van der Waals surface area contributed by atoms with Crippen molar-refractivity contribution in [2.45, 2.75) is 6.92 Å². The maximum atomic E-state index is 13.3. The molecular weight excluding hydrogens is 447 g/mol. The van der Waals surface area contributed by atoms with Crippen molar-refractivity contribution in [3.63, 3.8) is 0 Å². The van der Waals surface area contributed by atoms with E-state index >= 15 is 0 Å². The number of aromatic nitrogens is 3. The number of carbonyl (C=O) groups is 2. The molecule has 3 heterocycles. The first-order valence-electron chi connectivity index (χ1n) is 8.85. The standard InChI is InChI=1S/C21H11Cl3N4O2/c1-10-17-18-14(9-25-19(17)28(26-10)13-5-2-11(22)3-6-13)20(29)27(21(18)30)16-7-4-12(23)8-15(16)24/h2-9H,1H3. The average molecular weight is 458 g/mol. The number of hydrogen-bond acceptors (Lipinski definition) is 4. The summed E-state index contributed by atoms with van der Waals surface area (Å²) in [6.07, 6.45) is 1.40. The summed E-state index contributed by atoms with van der Waals surface area (Å²) in [5, 5.41) is 6.27. The van der Waals surface area contributed by atoms with E-state index < -0.39 is 11.8 Å². The van der Waals surface area contributed by atoms with Gasteiger partial charge < -0.3 is 0 Å². The number of nitrogens with zero attached hydrogens (tertiary/aromatic N) is 4. The van der Waals surface area contributed by atoms with Crippen molar-refractivity contribution in [2.24, 2.45) is 0 Å². The summed E-state index contributed by atoms with van der Waals surface area (Å²) in [6, 6.07) is 11.7. The van der Waals surface area contributed by atoms with Gasteiger partial charge in [0, 0.05) is 16.2 Å². The van der Waals surface area contributed by atoms with Gasteiger partial charge in [-0.05, 0) is 49.4 Å². The number of pyridine rings is 1. The second-order valence-electron chi connectivity index (χ2n) is 6.76. The Labute approximate surface area is 185 Å². The Morgan fingerprint density at radius 1 is 0.900 bits per heavy atom. The summed E-state index contributed by atoms with van der Waals surface area (Å²) in [5.41, 5.74) is 2.52. The Bertz CT molecular complexity index is 1380. The normalized spacial score (nSPS) is 13.4. The molecule has 0 bridgehead atoms. The lowest BCUT2D eigenvalue weighted by Crippen LogP contribution is -2.29. The fraction of sp³-hybridized carbons (Fsp3) is 0.0476. The number of carbonyl (C=O) groups excluding carboxylic acids is 2. The van der Waals surface area contributed by atoms with Crippen LogP contribution in [0.25, 0.3) is 16.7 Å². The van der Waals surface area contributed by atoms with Gasteiger partial charge in [0.15, 0.2) is 5.65 Å². The minimum atomic E-state index is -0.493. The van der Waals surface area contributed by atoms with Crippen molar-refractivity contribution in [3.8, 4) is 5.69 Å². The number of imide groups is 1. The summed E-state index contributed by atoms with van der Waals surface area (Å²) in [5.74, 6) is -0.974. The third kappa shape index (κ3) is 2.72. The van der Waals surface area contributed by atoms with Crippen LogP contribution in [0.15, 0.2) is 48.7 Å². The van der Waals surface area contributed by atoms with Gasteiger partial charge in [0.2, 0.25) is 0 Å². The van der Waals surface area contributed by atoms with E-state index in [1.807, 2.05) is 0 Å². The van der Waals surface area contributed by atoms with Gasteiger partial charge in [0.1, 0.15) is 0 Å². The predicted molar refractivity (Wildman–Crippen MR) is 116 cm³/mol. The van der Waals surface area contributed by atoms with Gasteiger partial charge in [-0.15, -0.1) is 0 Å². The fourth-order valence-electron chi connectivity index (χ4n) is 3.60. The van der Waals surface area contributed by atoms with Crippen LogP contribution in [0.2, 0.25) is 15.1 Å². The second kappa shape index (κ2) is 6.80. The molecule has 2 aromatic carbocycles. The minimum Gasteiger partial charge on any atom is -0.268 e. The number of fused-ring (bicyclic) bond motifs is 3. The van der Waals surface area contributed by atoms with Crippen LogP contribution in [0.5, 0.6) is 0 Å². The maximum Gasteiger partial charge on any atom is 0.267 e. The van der Waals surface area contributed by atoms with E-state index in [0.717, 1.165) is 10.6 Å². The van der Waals surface area contributed by atoms with Crippen LogP contribution in [0.4, 0.5) is 5.69 Å². The molecule has 0 atom stereocenters. The van der Waals surface area contributed by atoms with Crippen LogP contribution in [0, 0.1) is 6.92 Å². The van der Waals surface area contributed by atoms with E-state index in [0.29, 0.717) is 26.8 Å². The molecule has 9 heteroatoms. The van der Waals surface area contributed by atoms with Crippen LogP contribution in [-0.2, 0) is 0 Å². The summed E-state index contributed by atoms with van der Waals surface area (Å²) in [6.45, 7) is 1.77. The molecule has 2 amide bonds. The first-order chi connectivity index (χ1) is 14.4. The maximum absolute atomic E-state index is 13.3. The van der Waals surface area contributed by atoms with Gasteiger partial charge in [-0.3, -0.25) is 9.59 Å². The number of benzene rings is 2. The second-order valence-corrected chi connectivity index (χ2v) is 8.04. The van der Waals surface area contributed by atoms with Crippen molar-refractivity contribution in [1.29, 1.82) is 0 Å². The van der Waals surface area contributed by atoms with Gasteiger partial charge in [-0.1, -0.05) is 34.8 Å². The van der Waals surface area contributed by atoms with E-state index in [9.17, 15) is 9.59 Å². The highest BCUT2D eigenvalue weighted by Crippen LogP contribution is 2.37. The van der Waals surface area contributed by atoms with E-state index in [2.05, 4.69) is 10.1 Å². The van der Waals surface area contributed by atoms with Crippen molar-refractivity contribution < 1.29 is 9.59 Å². The lowest BCUT2D eigenvalue weighted by molar-refractivity contribution is 0.0926. The number of aryl methyl sites for hydroxylation is 1. The molecule has 30 heavy (non-hydrogen) atoms. The first-order valence-corrected chi connectivity index (χ1v) is 9.98. The Morgan fingerprint density at radius 3 is 2.30 bits per heavy atom. The van der Waals surface area contributed by atoms with Crippen LogP contribution in [0.1, 0.15) is 26.4 Å². The topological polar surface area (TPSA) is 68.1 Å². The highest BCUT2D eigenvalue weighted by Gasteiger charge is 2.40. The quantitative estimate of drug-likeness (QED) is 0.373.